The van der Waals surface area contributed by atoms with Crippen molar-refractivity contribution >= 4 is 29.2 Å². The highest BCUT2D eigenvalue weighted by Crippen LogP contribution is 2.13. The Morgan fingerprint density at radius 3 is 2.36 bits per heavy atom. The van der Waals surface area contributed by atoms with Crippen LogP contribution < -0.4 is 15.6 Å². The van der Waals surface area contributed by atoms with Crippen LogP contribution in [-0.4, -0.2) is 31.0 Å². The summed E-state index contributed by atoms with van der Waals surface area (Å²) in [7, 11) is 0. The van der Waals surface area contributed by atoms with Gasteiger partial charge in [-0.3, -0.25) is 5.43 Å². The summed E-state index contributed by atoms with van der Waals surface area (Å²) in [6, 6.07) is 18.7. The van der Waals surface area contributed by atoms with Crippen LogP contribution in [0.1, 0.15) is 25.0 Å². The van der Waals surface area contributed by atoms with Gasteiger partial charge in [0.15, 0.2) is 5.11 Å². The van der Waals surface area contributed by atoms with Gasteiger partial charge >= 0.3 is 0 Å². The van der Waals surface area contributed by atoms with Gasteiger partial charge in [0.2, 0.25) is 0 Å². The maximum absolute atomic E-state index is 5.23. The molecular weight excluding hydrogens is 328 g/mol. The van der Waals surface area contributed by atoms with Crippen molar-refractivity contribution in [3.8, 4) is 0 Å². The van der Waals surface area contributed by atoms with Gasteiger partial charge in [0.1, 0.15) is 0 Å². The predicted molar refractivity (Wildman–Crippen MR) is 111 cm³/mol. The van der Waals surface area contributed by atoms with Gasteiger partial charge in [0.25, 0.3) is 0 Å². The standard InChI is InChI=1S/C20H26N4S/c1-3-24(4-2)19-12-10-18(11-13-19)16-22-23-20(25)21-15-14-17-8-6-5-7-9-17/h5-13,16H,3-4,14-15H2,1-2H3,(H2,21,23,25)/b22-16-. The maximum Gasteiger partial charge on any atom is 0.186 e. The van der Waals surface area contributed by atoms with Crippen molar-refractivity contribution in [1.82, 2.24) is 10.7 Å². The summed E-state index contributed by atoms with van der Waals surface area (Å²) in [5.74, 6) is 0. The van der Waals surface area contributed by atoms with Crippen molar-refractivity contribution < 1.29 is 0 Å². The molecule has 2 N–H and O–H groups in total. The topological polar surface area (TPSA) is 39.7 Å². The van der Waals surface area contributed by atoms with Crippen LogP contribution in [0.3, 0.4) is 0 Å². The average molecular weight is 355 g/mol. The Balaban J connectivity index is 1.73. The molecule has 5 heteroatoms. The van der Waals surface area contributed by atoms with E-state index >= 15 is 0 Å². The van der Waals surface area contributed by atoms with E-state index in [4.69, 9.17) is 12.2 Å². The Morgan fingerprint density at radius 1 is 1.04 bits per heavy atom. The van der Waals surface area contributed by atoms with Crippen LogP contribution in [0.5, 0.6) is 0 Å². The predicted octanol–water partition coefficient (Wildman–Crippen LogP) is 3.57. The summed E-state index contributed by atoms with van der Waals surface area (Å²) < 4.78 is 0. The van der Waals surface area contributed by atoms with E-state index in [0.29, 0.717) is 5.11 Å². The molecule has 2 rings (SSSR count). The summed E-state index contributed by atoms with van der Waals surface area (Å²) in [6.07, 6.45) is 2.70. The van der Waals surface area contributed by atoms with Crippen LogP contribution in [0.4, 0.5) is 5.69 Å². The third-order valence-corrected chi connectivity index (χ3v) is 4.18. The van der Waals surface area contributed by atoms with E-state index < -0.39 is 0 Å². The number of nitrogens with zero attached hydrogens (tertiary/aromatic N) is 2. The number of benzene rings is 2. The second-order valence-corrected chi connectivity index (χ2v) is 6.03. The van der Waals surface area contributed by atoms with Gasteiger partial charge in [-0.15, -0.1) is 0 Å². The highest BCUT2D eigenvalue weighted by molar-refractivity contribution is 7.80. The van der Waals surface area contributed by atoms with Gasteiger partial charge in [0.05, 0.1) is 6.21 Å². The molecule has 0 spiro atoms. The number of hydrazone groups is 1. The van der Waals surface area contributed by atoms with Crippen molar-refractivity contribution in [2.45, 2.75) is 20.3 Å². The van der Waals surface area contributed by atoms with Crippen LogP contribution in [0, 0.1) is 0 Å². The molecule has 25 heavy (non-hydrogen) atoms. The Kier molecular flexibility index (Phi) is 7.92. The molecule has 0 bridgehead atoms. The molecule has 0 heterocycles. The molecule has 0 unspecified atom stereocenters. The SMILES string of the molecule is CCN(CC)c1ccc(/C=N\NC(=S)NCCc2ccccc2)cc1. The van der Waals surface area contributed by atoms with Crippen LogP contribution in [0.15, 0.2) is 59.7 Å². The fourth-order valence-electron chi connectivity index (χ4n) is 2.53. The largest absolute Gasteiger partial charge is 0.372 e. The van der Waals surface area contributed by atoms with Crippen LogP contribution in [0.2, 0.25) is 0 Å². The van der Waals surface area contributed by atoms with Crippen molar-refractivity contribution in [3.05, 3.63) is 65.7 Å². The number of hydrogen-bond donors (Lipinski definition) is 2. The lowest BCUT2D eigenvalue weighted by molar-refractivity contribution is 0.838. The van der Waals surface area contributed by atoms with E-state index in [2.05, 4.69) is 71.0 Å². The van der Waals surface area contributed by atoms with E-state index in [-0.39, 0.29) is 0 Å². The Hall–Kier alpha value is -2.40. The molecule has 2 aromatic rings. The normalized spacial score (nSPS) is 10.6. The minimum absolute atomic E-state index is 0.534. The second kappa shape index (κ2) is 10.5. The summed E-state index contributed by atoms with van der Waals surface area (Å²) >= 11 is 5.23. The van der Waals surface area contributed by atoms with Crippen molar-refractivity contribution in [2.24, 2.45) is 5.10 Å². The van der Waals surface area contributed by atoms with Gasteiger partial charge < -0.3 is 10.2 Å². The van der Waals surface area contributed by atoms with Gasteiger partial charge in [-0.2, -0.15) is 5.10 Å². The van der Waals surface area contributed by atoms with Crippen LogP contribution >= 0.6 is 12.2 Å². The van der Waals surface area contributed by atoms with E-state index in [1.165, 1.54) is 11.3 Å². The number of anilines is 1. The molecule has 132 valence electrons. The summed E-state index contributed by atoms with van der Waals surface area (Å²) in [4.78, 5) is 2.31. The highest BCUT2D eigenvalue weighted by atomic mass is 32.1. The Morgan fingerprint density at radius 2 is 1.72 bits per heavy atom. The lowest BCUT2D eigenvalue weighted by atomic mass is 10.1. The first kappa shape index (κ1) is 18.9. The van der Waals surface area contributed by atoms with E-state index in [0.717, 1.165) is 31.6 Å². The molecule has 0 aromatic heterocycles. The summed E-state index contributed by atoms with van der Waals surface area (Å²) in [6.45, 7) is 7.12. The van der Waals surface area contributed by atoms with Crippen molar-refractivity contribution in [3.63, 3.8) is 0 Å². The zero-order valence-electron chi connectivity index (χ0n) is 14.9. The summed E-state index contributed by atoms with van der Waals surface area (Å²) in [5.41, 5.74) is 6.41. The summed E-state index contributed by atoms with van der Waals surface area (Å²) in [5, 5.41) is 7.88. The number of nitrogens with one attached hydrogen (secondary N) is 2. The average Bonchev–Trinajstić information content (AvgIpc) is 2.65. The number of hydrogen-bond acceptors (Lipinski definition) is 3. The smallest absolute Gasteiger partial charge is 0.186 e. The second-order valence-electron chi connectivity index (χ2n) is 5.63. The lowest BCUT2D eigenvalue weighted by Gasteiger charge is -2.20. The quantitative estimate of drug-likeness (QED) is 0.432. The fourth-order valence-corrected chi connectivity index (χ4v) is 2.68. The molecule has 0 atom stereocenters. The molecule has 0 radical (unpaired) electrons. The van der Waals surface area contributed by atoms with E-state index in [1.54, 1.807) is 6.21 Å². The molecule has 0 aliphatic carbocycles. The number of thiocarbonyl (C=S) groups is 1. The molecule has 0 saturated carbocycles. The minimum Gasteiger partial charge on any atom is -0.372 e. The molecule has 2 aromatic carbocycles. The zero-order chi connectivity index (χ0) is 17.9. The van der Waals surface area contributed by atoms with Crippen molar-refractivity contribution in [1.29, 1.82) is 0 Å². The van der Waals surface area contributed by atoms with Gasteiger partial charge in [-0.05, 0) is 55.7 Å². The Labute approximate surface area is 155 Å². The zero-order valence-corrected chi connectivity index (χ0v) is 15.7. The first-order valence-electron chi connectivity index (χ1n) is 8.68. The Bertz CT molecular complexity index is 664. The monoisotopic (exact) mass is 354 g/mol. The lowest BCUT2D eigenvalue weighted by Crippen LogP contribution is -2.33. The molecule has 0 aliphatic rings. The molecule has 4 nitrogen and oxygen atoms in total. The fraction of sp³-hybridized carbons (Fsp3) is 0.300. The van der Waals surface area contributed by atoms with Crippen LogP contribution in [-0.2, 0) is 6.42 Å². The maximum atomic E-state index is 5.23. The third-order valence-electron chi connectivity index (χ3n) is 3.94. The van der Waals surface area contributed by atoms with E-state index in [9.17, 15) is 0 Å². The minimum atomic E-state index is 0.534. The molecule has 0 amide bonds. The first-order valence-corrected chi connectivity index (χ1v) is 9.09. The molecular formula is C20H26N4S. The third kappa shape index (κ3) is 6.55. The molecule has 0 saturated heterocycles. The van der Waals surface area contributed by atoms with Gasteiger partial charge in [0, 0.05) is 25.3 Å². The molecule has 0 fully saturated rings. The molecule has 0 aliphatic heterocycles. The first-order chi connectivity index (χ1) is 12.2. The van der Waals surface area contributed by atoms with Gasteiger partial charge in [-0.25, -0.2) is 0 Å². The van der Waals surface area contributed by atoms with Crippen LogP contribution in [0.25, 0.3) is 0 Å². The highest BCUT2D eigenvalue weighted by Gasteiger charge is 2.00. The van der Waals surface area contributed by atoms with E-state index in [1.807, 2.05) is 18.2 Å². The van der Waals surface area contributed by atoms with Crippen molar-refractivity contribution in [2.75, 3.05) is 24.5 Å². The number of rotatable bonds is 8. The van der Waals surface area contributed by atoms with Gasteiger partial charge in [-0.1, -0.05) is 42.5 Å².